The number of anilines is 1. The first kappa shape index (κ1) is 18.4. The van der Waals surface area contributed by atoms with Crippen molar-refractivity contribution < 1.29 is 14.4 Å². The zero-order chi connectivity index (χ0) is 17.1. The Kier molecular flexibility index (Phi) is 8.16. The fraction of sp³-hybridized carbons (Fsp3) is 0.400. The van der Waals surface area contributed by atoms with Gasteiger partial charge in [0.1, 0.15) is 0 Å². The molecular formula is C15H23N5O3. The van der Waals surface area contributed by atoms with Crippen LogP contribution in [-0.4, -0.2) is 38.0 Å². The smallest absolute Gasteiger partial charge is 0.312 e. The number of hydrogen-bond acceptors (Lipinski definition) is 4. The Morgan fingerprint density at radius 2 is 1.96 bits per heavy atom. The van der Waals surface area contributed by atoms with Gasteiger partial charge in [0.25, 0.3) is 0 Å². The van der Waals surface area contributed by atoms with Gasteiger partial charge in [-0.25, -0.2) is 4.79 Å². The molecule has 8 nitrogen and oxygen atoms in total. The van der Waals surface area contributed by atoms with E-state index in [-0.39, 0.29) is 11.9 Å². The van der Waals surface area contributed by atoms with Gasteiger partial charge in [-0.15, -0.1) is 0 Å². The molecule has 126 valence electrons. The van der Waals surface area contributed by atoms with E-state index in [9.17, 15) is 14.4 Å². The van der Waals surface area contributed by atoms with Crippen LogP contribution in [0.4, 0.5) is 10.5 Å². The van der Waals surface area contributed by atoms with E-state index in [1.165, 1.54) is 0 Å². The molecule has 6 N–H and O–H groups in total. The summed E-state index contributed by atoms with van der Waals surface area (Å²) in [7, 11) is 1.71. The SMILES string of the molecule is CNC(CCCNC(N)=O)C(=O)Nc1ccc(CNC=O)cc1. The maximum atomic E-state index is 12.2. The highest BCUT2D eigenvalue weighted by Crippen LogP contribution is 2.10. The number of carbonyl (C=O) groups is 3. The second-order valence-corrected chi connectivity index (χ2v) is 4.96. The maximum Gasteiger partial charge on any atom is 0.312 e. The second kappa shape index (κ2) is 10.2. The van der Waals surface area contributed by atoms with E-state index >= 15 is 0 Å². The lowest BCUT2D eigenvalue weighted by molar-refractivity contribution is -0.118. The van der Waals surface area contributed by atoms with Crippen LogP contribution in [-0.2, 0) is 16.1 Å². The van der Waals surface area contributed by atoms with Crippen LogP contribution < -0.4 is 27.0 Å². The Bertz CT molecular complexity index is 518. The van der Waals surface area contributed by atoms with Crippen molar-refractivity contribution in [3.8, 4) is 0 Å². The van der Waals surface area contributed by atoms with Crippen LogP contribution in [0.25, 0.3) is 0 Å². The van der Waals surface area contributed by atoms with Crippen molar-refractivity contribution in [3.63, 3.8) is 0 Å². The molecule has 0 spiro atoms. The first-order chi connectivity index (χ1) is 11.1. The standard InChI is InChI=1S/C15H23N5O3/c1-17-13(3-2-8-19-15(16)23)14(22)20-12-6-4-11(5-7-12)9-18-10-21/h4-7,10,13,17H,2-3,8-9H2,1H3,(H,18,21)(H,20,22)(H3,16,19,23). The molecule has 0 saturated heterocycles. The molecule has 0 aromatic heterocycles. The lowest BCUT2D eigenvalue weighted by atomic mass is 10.1. The van der Waals surface area contributed by atoms with Crippen LogP contribution in [0.5, 0.6) is 0 Å². The summed E-state index contributed by atoms with van der Waals surface area (Å²) in [6.45, 7) is 0.878. The molecule has 0 heterocycles. The number of benzene rings is 1. The number of rotatable bonds is 10. The molecule has 1 rings (SSSR count). The van der Waals surface area contributed by atoms with Crippen molar-refractivity contribution in [2.45, 2.75) is 25.4 Å². The van der Waals surface area contributed by atoms with E-state index in [2.05, 4.69) is 21.3 Å². The molecule has 1 unspecified atom stereocenters. The molecule has 8 heteroatoms. The Hall–Kier alpha value is -2.61. The third-order valence-electron chi connectivity index (χ3n) is 3.24. The van der Waals surface area contributed by atoms with Gasteiger partial charge in [-0.05, 0) is 37.6 Å². The number of nitrogens with one attached hydrogen (secondary N) is 4. The molecule has 1 aromatic rings. The fourth-order valence-corrected chi connectivity index (χ4v) is 2.02. The highest BCUT2D eigenvalue weighted by molar-refractivity contribution is 5.94. The lowest BCUT2D eigenvalue weighted by Crippen LogP contribution is -2.39. The number of urea groups is 1. The molecular weight excluding hydrogens is 298 g/mol. The number of primary amides is 1. The monoisotopic (exact) mass is 321 g/mol. The average molecular weight is 321 g/mol. The predicted molar refractivity (Wildman–Crippen MR) is 87.6 cm³/mol. The third kappa shape index (κ3) is 7.28. The quantitative estimate of drug-likeness (QED) is 0.305. The first-order valence-corrected chi connectivity index (χ1v) is 7.34. The molecule has 0 saturated carbocycles. The molecule has 0 radical (unpaired) electrons. The van der Waals surface area contributed by atoms with E-state index < -0.39 is 6.03 Å². The highest BCUT2D eigenvalue weighted by atomic mass is 16.2. The van der Waals surface area contributed by atoms with Crippen molar-refractivity contribution >= 4 is 24.0 Å². The summed E-state index contributed by atoms with van der Waals surface area (Å²) in [4.78, 5) is 33.0. The molecule has 23 heavy (non-hydrogen) atoms. The topological polar surface area (TPSA) is 125 Å². The summed E-state index contributed by atoms with van der Waals surface area (Å²) in [5.41, 5.74) is 6.60. The van der Waals surface area contributed by atoms with E-state index in [0.29, 0.717) is 38.0 Å². The van der Waals surface area contributed by atoms with Crippen molar-refractivity contribution in [1.82, 2.24) is 16.0 Å². The molecule has 0 aliphatic rings. The van der Waals surface area contributed by atoms with Gasteiger partial charge >= 0.3 is 6.03 Å². The van der Waals surface area contributed by atoms with Gasteiger partial charge in [0.2, 0.25) is 12.3 Å². The molecule has 1 aromatic carbocycles. The van der Waals surface area contributed by atoms with Crippen LogP contribution in [0.2, 0.25) is 0 Å². The van der Waals surface area contributed by atoms with E-state index in [1.54, 1.807) is 19.2 Å². The summed E-state index contributed by atoms with van der Waals surface area (Å²) in [6, 6.07) is 6.29. The van der Waals surface area contributed by atoms with Gasteiger partial charge < -0.3 is 27.0 Å². The van der Waals surface area contributed by atoms with E-state index in [0.717, 1.165) is 5.56 Å². The number of amides is 4. The zero-order valence-electron chi connectivity index (χ0n) is 13.1. The van der Waals surface area contributed by atoms with E-state index in [4.69, 9.17) is 5.73 Å². The van der Waals surface area contributed by atoms with Crippen LogP contribution in [0.15, 0.2) is 24.3 Å². The largest absolute Gasteiger partial charge is 0.355 e. The molecule has 4 amide bonds. The van der Waals surface area contributed by atoms with Gasteiger partial charge in [-0.2, -0.15) is 0 Å². The minimum Gasteiger partial charge on any atom is -0.355 e. The van der Waals surface area contributed by atoms with Gasteiger partial charge in [-0.1, -0.05) is 12.1 Å². The predicted octanol–water partition coefficient (Wildman–Crippen LogP) is -0.0924. The van der Waals surface area contributed by atoms with Gasteiger partial charge in [0.05, 0.1) is 6.04 Å². The summed E-state index contributed by atoms with van der Waals surface area (Å²) >= 11 is 0. The van der Waals surface area contributed by atoms with E-state index in [1.807, 2.05) is 12.1 Å². The summed E-state index contributed by atoms with van der Waals surface area (Å²) in [6.07, 6.45) is 1.85. The number of likely N-dealkylation sites (N-methyl/N-ethyl adjacent to an activating group) is 1. The Morgan fingerprint density at radius 3 is 2.52 bits per heavy atom. The molecule has 0 fully saturated rings. The van der Waals surface area contributed by atoms with Gasteiger partial charge in [-0.3, -0.25) is 9.59 Å². The normalized spacial score (nSPS) is 11.3. The minimum atomic E-state index is -0.570. The number of hydrogen-bond donors (Lipinski definition) is 5. The van der Waals surface area contributed by atoms with Crippen molar-refractivity contribution in [1.29, 1.82) is 0 Å². The van der Waals surface area contributed by atoms with Crippen LogP contribution in [0.1, 0.15) is 18.4 Å². The number of nitrogens with two attached hydrogens (primary N) is 1. The molecule has 0 bridgehead atoms. The van der Waals surface area contributed by atoms with Crippen molar-refractivity contribution in [3.05, 3.63) is 29.8 Å². The average Bonchev–Trinajstić information content (AvgIpc) is 2.54. The highest BCUT2D eigenvalue weighted by Gasteiger charge is 2.16. The van der Waals surface area contributed by atoms with Gasteiger partial charge in [0.15, 0.2) is 0 Å². The van der Waals surface area contributed by atoms with Crippen LogP contribution in [0, 0.1) is 0 Å². The molecule has 0 aliphatic heterocycles. The van der Waals surface area contributed by atoms with Crippen LogP contribution in [0.3, 0.4) is 0 Å². The van der Waals surface area contributed by atoms with Crippen molar-refractivity contribution in [2.75, 3.05) is 18.9 Å². The zero-order valence-corrected chi connectivity index (χ0v) is 13.1. The summed E-state index contributed by atoms with van der Waals surface area (Å²) in [5, 5.41) is 10.8. The Labute approximate surface area is 135 Å². The minimum absolute atomic E-state index is 0.148. The molecule has 0 aliphatic carbocycles. The fourth-order valence-electron chi connectivity index (χ4n) is 2.02. The van der Waals surface area contributed by atoms with Gasteiger partial charge in [0, 0.05) is 18.8 Å². The second-order valence-electron chi connectivity index (χ2n) is 4.96. The Balaban J connectivity index is 2.45. The Morgan fingerprint density at radius 1 is 1.26 bits per heavy atom. The van der Waals surface area contributed by atoms with Crippen LogP contribution >= 0.6 is 0 Å². The molecule has 1 atom stereocenters. The maximum absolute atomic E-state index is 12.2. The number of carbonyl (C=O) groups excluding carboxylic acids is 3. The van der Waals surface area contributed by atoms with Crippen molar-refractivity contribution in [2.24, 2.45) is 5.73 Å². The third-order valence-corrected chi connectivity index (χ3v) is 3.24. The summed E-state index contributed by atoms with van der Waals surface area (Å²) in [5.74, 6) is -0.148. The lowest BCUT2D eigenvalue weighted by Gasteiger charge is -2.16. The summed E-state index contributed by atoms with van der Waals surface area (Å²) < 4.78 is 0. The first-order valence-electron chi connectivity index (χ1n) is 7.34.